The third-order valence-corrected chi connectivity index (χ3v) is 2.91. The molecule has 0 fully saturated rings. The van der Waals surface area contributed by atoms with Crippen LogP contribution in [0.15, 0.2) is 42.6 Å². The molecule has 0 amide bonds. The van der Waals surface area contributed by atoms with Crippen LogP contribution in [0.4, 0.5) is 0 Å². The van der Waals surface area contributed by atoms with Gasteiger partial charge in [0.2, 0.25) is 5.52 Å². The number of hydrogen-bond acceptors (Lipinski definition) is 3. The third kappa shape index (κ3) is 1.68. The maximum Gasteiger partial charge on any atom is 0.222 e. The molecule has 3 aromatic rings. The van der Waals surface area contributed by atoms with Crippen LogP contribution in [-0.2, 0) is 11.2 Å². The predicted molar refractivity (Wildman–Crippen MR) is 64.5 cm³/mol. The number of hydrogen-bond donors (Lipinski definition) is 0. The Kier molecular flexibility index (Phi) is 2.41. The van der Waals surface area contributed by atoms with Crippen LogP contribution >= 0.6 is 0 Å². The fourth-order valence-corrected chi connectivity index (χ4v) is 2.16. The van der Waals surface area contributed by atoms with Crippen molar-refractivity contribution >= 4 is 27.8 Å². The van der Waals surface area contributed by atoms with Gasteiger partial charge in [-0.25, -0.2) is 4.98 Å². The van der Waals surface area contributed by atoms with Gasteiger partial charge in [0.05, 0.1) is 22.0 Å². The fraction of sp³-hybridized carbons (Fsp3) is 0.0714. The molecular formula is C14H10N2O2. The minimum Gasteiger partial charge on any atom is -0.550 e. The number of para-hydroxylation sites is 1. The van der Waals surface area contributed by atoms with E-state index in [-0.39, 0.29) is 6.42 Å². The number of pyridine rings is 2. The van der Waals surface area contributed by atoms with E-state index in [1.54, 1.807) is 0 Å². The van der Waals surface area contributed by atoms with Crippen molar-refractivity contribution in [2.75, 3.05) is 0 Å². The molecule has 0 aliphatic carbocycles. The zero-order chi connectivity index (χ0) is 12.5. The summed E-state index contributed by atoms with van der Waals surface area (Å²) in [7, 11) is 0. The number of nitrogens with zero attached hydrogens (tertiary/aromatic N) is 1. The van der Waals surface area contributed by atoms with Crippen LogP contribution in [0.1, 0.15) is 5.69 Å². The number of carboxylic acid groups (broad SMARTS) is 1. The van der Waals surface area contributed by atoms with Gasteiger partial charge in [0, 0.05) is 18.5 Å². The molecule has 2 heterocycles. The van der Waals surface area contributed by atoms with E-state index in [9.17, 15) is 9.90 Å². The van der Waals surface area contributed by atoms with Crippen molar-refractivity contribution in [1.29, 1.82) is 0 Å². The molecule has 0 saturated heterocycles. The molecular weight excluding hydrogens is 228 g/mol. The number of benzene rings is 1. The fourth-order valence-electron chi connectivity index (χ4n) is 2.16. The SMILES string of the molecule is O=C([O-])Cc1nc2ccccc2c2[nH+]cccc12. The third-order valence-electron chi connectivity index (χ3n) is 2.91. The first-order valence-electron chi connectivity index (χ1n) is 5.63. The Morgan fingerprint density at radius 3 is 2.78 bits per heavy atom. The van der Waals surface area contributed by atoms with Crippen molar-refractivity contribution in [2.24, 2.45) is 0 Å². The van der Waals surface area contributed by atoms with Gasteiger partial charge >= 0.3 is 0 Å². The first-order chi connectivity index (χ1) is 8.75. The molecule has 0 spiro atoms. The van der Waals surface area contributed by atoms with Gasteiger partial charge in [-0.15, -0.1) is 0 Å². The van der Waals surface area contributed by atoms with E-state index >= 15 is 0 Å². The average molecular weight is 238 g/mol. The Bertz CT molecular complexity index is 753. The molecule has 0 aliphatic heterocycles. The van der Waals surface area contributed by atoms with Crippen molar-refractivity contribution in [3.8, 4) is 0 Å². The van der Waals surface area contributed by atoms with Gasteiger partial charge in [-0.3, -0.25) is 4.98 Å². The number of aromatic nitrogens is 2. The molecule has 1 N–H and O–H groups in total. The second kappa shape index (κ2) is 4.07. The standard InChI is InChI=1S/C14H10N2O2/c17-13(18)8-12-10-5-3-7-15-14(10)9-4-1-2-6-11(9)16-12/h1-7H,8H2,(H,17,18). The molecule has 4 heteroatoms. The summed E-state index contributed by atoms with van der Waals surface area (Å²) < 4.78 is 0. The van der Waals surface area contributed by atoms with Crippen LogP contribution in [0.5, 0.6) is 0 Å². The summed E-state index contributed by atoms with van der Waals surface area (Å²) in [6.45, 7) is 0. The van der Waals surface area contributed by atoms with Gasteiger partial charge < -0.3 is 9.90 Å². The first kappa shape index (κ1) is 10.7. The number of carboxylic acids is 1. The van der Waals surface area contributed by atoms with E-state index in [2.05, 4.69) is 9.97 Å². The molecule has 0 saturated carbocycles. The summed E-state index contributed by atoms with van der Waals surface area (Å²) >= 11 is 0. The monoisotopic (exact) mass is 238 g/mol. The minimum absolute atomic E-state index is 0.181. The lowest BCUT2D eigenvalue weighted by Crippen LogP contribution is -2.25. The topological polar surface area (TPSA) is 67.2 Å². The van der Waals surface area contributed by atoms with Crippen molar-refractivity contribution in [1.82, 2.24) is 4.98 Å². The molecule has 0 radical (unpaired) electrons. The highest BCUT2D eigenvalue weighted by atomic mass is 16.4. The van der Waals surface area contributed by atoms with Gasteiger partial charge in [-0.2, -0.15) is 0 Å². The van der Waals surface area contributed by atoms with E-state index in [0.29, 0.717) is 5.69 Å². The van der Waals surface area contributed by atoms with Gasteiger partial charge in [-0.05, 0) is 18.2 Å². The smallest absolute Gasteiger partial charge is 0.222 e. The number of H-pyrrole nitrogens is 1. The quantitative estimate of drug-likeness (QED) is 0.610. The maximum atomic E-state index is 10.8. The maximum absolute atomic E-state index is 10.8. The second-order valence-corrected chi connectivity index (χ2v) is 4.08. The molecule has 0 atom stereocenters. The number of aliphatic carboxylic acids is 1. The normalized spacial score (nSPS) is 10.9. The lowest BCUT2D eigenvalue weighted by Gasteiger charge is -2.06. The van der Waals surface area contributed by atoms with Gasteiger partial charge in [0.25, 0.3) is 0 Å². The number of fused-ring (bicyclic) bond motifs is 3. The summed E-state index contributed by atoms with van der Waals surface area (Å²) in [6.07, 6.45) is 1.64. The van der Waals surface area contributed by atoms with Gasteiger partial charge in [0.15, 0.2) is 6.20 Å². The van der Waals surface area contributed by atoms with Crippen molar-refractivity contribution in [3.05, 3.63) is 48.3 Å². The Balaban J connectivity index is 2.42. The molecule has 4 nitrogen and oxygen atoms in total. The van der Waals surface area contributed by atoms with E-state index in [1.807, 2.05) is 42.6 Å². The molecule has 88 valence electrons. The second-order valence-electron chi connectivity index (χ2n) is 4.08. The average Bonchev–Trinajstić information content (AvgIpc) is 2.38. The highest BCUT2D eigenvalue weighted by Gasteiger charge is 2.12. The molecule has 1 aromatic carbocycles. The molecule has 0 bridgehead atoms. The summed E-state index contributed by atoms with van der Waals surface area (Å²) in [5, 5.41) is 12.6. The lowest BCUT2D eigenvalue weighted by molar-refractivity contribution is -0.343. The summed E-state index contributed by atoms with van der Waals surface area (Å²) in [5.74, 6) is -1.12. The predicted octanol–water partition coefficient (Wildman–Crippen LogP) is 0.494. The molecule has 0 unspecified atom stereocenters. The first-order valence-corrected chi connectivity index (χ1v) is 5.63. The summed E-state index contributed by atoms with van der Waals surface area (Å²) in [6, 6.07) is 11.3. The summed E-state index contributed by atoms with van der Waals surface area (Å²) in [5.41, 5.74) is 2.21. The zero-order valence-electron chi connectivity index (χ0n) is 9.51. The van der Waals surface area contributed by atoms with Gasteiger partial charge in [0.1, 0.15) is 0 Å². The van der Waals surface area contributed by atoms with Crippen LogP contribution in [-0.4, -0.2) is 11.0 Å². The highest BCUT2D eigenvalue weighted by molar-refractivity contribution is 6.02. The number of rotatable bonds is 2. The van der Waals surface area contributed by atoms with E-state index in [0.717, 1.165) is 21.8 Å². The Hall–Kier alpha value is -2.49. The Morgan fingerprint density at radius 1 is 1.17 bits per heavy atom. The van der Waals surface area contributed by atoms with Crippen LogP contribution in [0.25, 0.3) is 21.8 Å². The van der Waals surface area contributed by atoms with Crippen molar-refractivity contribution < 1.29 is 14.9 Å². The van der Waals surface area contributed by atoms with E-state index < -0.39 is 5.97 Å². The van der Waals surface area contributed by atoms with Crippen LogP contribution < -0.4 is 10.1 Å². The number of nitrogens with one attached hydrogen (secondary N) is 1. The lowest BCUT2D eigenvalue weighted by atomic mass is 10.1. The number of carbonyl (C=O) groups is 1. The molecule has 2 aromatic heterocycles. The molecule has 0 aliphatic rings. The Labute approximate surface area is 103 Å². The largest absolute Gasteiger partial charge is 0.550 e. The molecule has 18 heavy (non-hydrogen) atoms. The Morgan fingerprint density at radius 2 is 1.94 bits per heavy atom. The zero-order valence-corrected chi connectivity index (χ0v) is 9.51. The van der Waals surface area contributed by atoms with E-state index in [4.69, 9.17) is 0 Å². The highest BCUT2D eigenvalue weighted by Crippen LogP contribution is 2.22. The number of aromatic amines is 1. The van der Waals surface area contributed by atoms with Crippen LogP contribution in [0, 0.1) is 0 Å². The molecule has 3 rings (SSSR count). The van der Waals surface area contributed by atoms with Crippen LogP contribution in [0.2, 0.25) is 0 Å². The number of carbonyl (C=O) groups excluding carboxylic acids is 1. The van der Waals surface area contributed by atoms with E-state index in [1.165, 1.54) is 0 Å². The van der Waals surface area contributed by atoms with Crippen LogP contribution in [0.3, 0.4) is 0 Å². The summed E-state index contributed by atoms with van der Waals surface area (Å²) in [4.78, 5) is 18.3. The van der Waals surface area contributed by atoms with Gasteiger partial charge in [-0.1, -0.05) is 12.1 Å². The van der Waals surface area contributed by atoms with Crippen molar-refractivity contribution in [2.45, 2.75) is 6.42 Å². The minimum atomic E-state index is -1.12. The van der Waals surface area contributed by atoms with Crippen molar-refractivity contribution in [3.63, 3.8) is 0 Å².